The Bertz CT molecular complexity index is 1290. The monoisotopic (exact) mass is 430 g/mol. The van der Waals surface area contributed by atoms with Crippen LogP contribution >= 0.6 is 0 Å². The SMILES string of the molecule is CC1(C)CN(Cc2nnc(-c3cc(-c4cccc5[nH]ccc45)cc(N)c3C=N)o2)CCO1. The van der Waals surface area contributed by atoms with E-state index in [4.69, 9.17) is 20.3 Å². The first-order chi connectivity index (χ1) is 15.4. The highest BCUT2D eigenvalue weighted by molar-refractivity contribution is 6.00. The summed E-state index contributed by atoms with van der Waals surface area (Å²) in [5.41, 5.74) is 10.9. The van der Waals surface area contributed by atoms with E-state index in [0.717, 1.165) is 35.1 Å². The topological polar surface area (TPSA) is 117 Å². The number of aromatic amines is 1. The summed E-state index contributed by atoms with van der Waals surface area (Å²) in [7, 11) is 0. The molecule has 0 radical (unpaired) electrons. The number of ether oxygens (including phenoxy) is 1. The predicted molar refractivity (Wildman–Crippen MR) is 125 cm³/mol. The van der Waals surface area contributed by atoms with Crippen LogP contribution in [-0.4, -0.2) is 51.6 Å². The van der Waals surface area contributed by atoms with Crippen LogP contribution in [0.4, 0.5) is 5.69 Å². The summed E-state index contributed by atoms with van der Waals surface area (Å²) < 4.78 is 11.8. The third-order valence-electron chi connectivity index (χ3n) is 5.82. The highest BCUT2D eigenvalue weighted by atomic mass is 16.5. The Morgan fingerprint density at radius 3 is 2.91 bits per heavy atom. The zero-order valence-corrected chi connectivity index (χ0v) is 18.2. The Kier molecular flexibility index (Phi) is 5.03. The van der Waals surface area contributed by atoms with Crippen molar-refractivity contribution < 1.29 is 9.15 Å². The van der Waals surface area contributed by atoms with E-state index >= 15 is 0 Å². The number of anilines is 1. The number of nitrogens with zero attached hydrogens (tertiary/aromatic N) is 3. The minimum Gasteiger partial charge on any atom is -0.419 e. The molecular formula is C24H26N6O2. The second kappa shape index (κ2) is 7.89. The van der Waals surface area contributed by atoms with E-state index in [2.05, 4.69) is 40.0 Å². The molecule has 0 amide bonds. The molecule has 32 heavy (non-hydrogen) atoms. The van der Waals surface area contributed by atoms with Gasteiger partial charge in [0.1, 0.15) is 0 Å². The van der Waals surface area contributed by atoms with E-state index < -0.39 is 0 Å². The standard InChI is InChI=1S/C24H26N6O2/c1-24(2)14-30(8-9-31-24)13-22-28-29-23(32-22)18-10-15(11-20(26)19(18)12-25)16-4-3-5-21-17(16)6-7-27-21/h3-7,10-12,25,27H,8-9,13-14,26H2,1-2H3. The van der Waals surface area contributed by atoms with Crippen LogP contribution in [0, 0.1) is 5.41 Å². The van der Waals surface area contributed by atoms with Crippen molar-refractivity contribution in [2.24, 2.45) is 0 Å². The van der Waals surface area contributed by atoms with Crippen molar-refractivity contribution in [3.63, 3.8) is 0 Å². The predicted octanol–water partition coefficient (Wildman–Crippen LogP) is 4.08. The van der Waals surface area contributed by atoms with Crippen molar-refractivity contribution in [2.75, 3.05) is 25.4 Å². The van der Waals surface area contributed by atoms with E-state index in [0.29, 0.717) is 41.7 Å². The van der Waals surface area contributed by atoms with Gasteiger partial charge in [-0.05, 0) is 49.2 Å². The molecule has 0 aliphatic carbocycles. The number of hydrogen-bond acceptors (Lipinski definition) is 7. The molecule has 1 saturated heterocycles. The van der Waals surface area contributed by atoms with Gasteiger partial charge in [-0.25, -0.2) is 0 Å². The smallest absolute Gasteiger partial charge is 0.248 e. The Morgan fingerprint density at radius 2 is 2.09 bits per heavy atom. The zero-order valence-electron chi connectivity index (χ0n) is 18.2. The fraction of sp³-hybridized carbons (Fsp3) is 0.292. The van der Waals surface area contributed by atoms with Crippen LogP contribution in [-0.2, 0) is 11.3 Å². The zero-order chi connectivity index (χ0) is 22.3. The summed E-state index contributed by atoms with van der Waals surface area (Å²) in [6, 6.07) is 12.0. The highest BCUT2D eigenvalue weighted by Gasteiger charge is 2.28. The summed E-state index contributed by atoms with van der Waals surface area (Å²) in [5.74, 6) is 0.895. The molecule has 0 atom stereocenters. The largest absolute Gasteiger partial charge is 0.419 e. The lowest BCUT2D eigenvalue weighted by molar-refractivity contribution is -0.0897. The van der Waals surface area contributed by atoms with Gasteiger partial charge in [0.05, 0.1) is 24.3 Å². The van der Waals surface area contributed by atoms with E-state index in [-0.39, 0.29) is 5.60 Å². The number of aromatic nitrogens is 3. The molecule has 4 aromatic rings. The van der Waals surface area contributed by atoms with Crippen molar-refractivity contribution in [3.8, 4) is 22.6 Å². The number of hydrogen-bond donors (Lipinski definition) is 3. The molecule has 2 aromatic heterocycles. The maximum absolute atomic E-state index is 7.89. The molecule has 5 rings (SSSR count). The molecule has 1 aliphatic rings. The second-order valence-corrected chi connectivity index (χ2v) is 8.74. The Labute approximate surface area is 185 Å². The number of morpholine rings is 1. The molecule has 3 heterocycles. The third-order valence-corrected chi connectivity index (χ3v) is 5.82. The summed E-state index contributed by atoms with van der Waals surface area (Å²) in [6.45, 7) is 6.99. The molecule has 164 valence electrons. The van der Waals surface area contributed by atoms with Crippen LogP contribution in [0.3, 0.4) is 0 Å². The quantitative estimate of drug-likeness (QED) is 0.324. The summed E-state index contributed by atoms with van der Waals surface area (Å²) in [4.78, 5) is 5.48. The van der Waals surface area contributed by atoms with Gasteiger partial charge in [-0.15, -0.1) is 10.2 Å². The van der Waals surface area contributed by atoms with Crippen LogP contribution in [0.5, 0.6) is 0 Å². The van der Waals surface area contributed by atoms with Gasteiger partial charge in [-0.2, -0.15) is 0 Å². The van der Waals surface area contributed by atoms with Gasteiger partial charge in [-0.1, -0.05) is 12.1 Å². The van der Waals surface area contributed by atoms with Crippen molar-refractivity contribution in [3.05, 3.63) is 54.0 Å². The molecule has 0 unspecified atom stereocenters. The summed E-state index contributed by atoms with van der Waals surface area (Å²) in [6.07, 6.45) is 3.15. The number of nitrogens with two attached hydrogens (primary N) is 1. The number of benzene rings is 2. The number of H-pyrrole nitrogens is 1. The van der Waals surface area contributed by atoms with E-state index in [9.17, 15) is 0 Å². The van der Waals surface area contributed by atoms with Gasteiger partial charge < -0.3 is 25.3 Å². The van der Waals surface area contributed by atoms with Gasteiger partial charge in [-0.3, -0.25) is 4.90 Å². The maximum Gasteiger partial charge on any atom is 0.248 e. The molecule has 1 fully saturated rings. The van der Waals surface area contributed by atoms with E-state index in [1.54, 1.807) is 0 Å². The highest BCUT2D eigenvalue weighted by Crippen LogP contribution is 2.35. The van der Waals surface area contributed by atoms with Crippen LogP contribution in [0.15, 0.2) is 47.0 Å². The Hall–Kier alpha value is -3.49. The van der Waals surface area contributed by atoms with Crippen molar-refractivity contribution >= 4 is 22.8 Å². The van der Waals surface area contributed by atoms with Crippen LogP contribution in [0.25, 0.3) is 33.5 Å². The second-order valence-electron chi connectivity index (χ2n) is 8.74. The van der Waals surface area contributed by atoms with Gasteiger partial charge in [0.25, 0.3) is 0 Å². The minimum absolute atomic E-state index is 0.198. The third kappa shape index (κ3) is 3.79. The van der Waals surface area contributed by atoms with Crippen molar-refractivity contribution in [1.29, 1.82) is 5.41 Å². The molecule has 0 spiro atoms. The average Bonchev–Trinajstić information content (AvgIpc) is 3.41. The lowest BCUT2D eigenvalue weighted by atomic mass is 9.96. The Morgan fingerprint density at radius 1 is 1.22 bits per heavy atom. The minimum atomic E-state index is -0.198. The van der Waals surface area contributed by atoms with Gasteiger partial charge in [0.15, 0.2) is 0 Å². The van der Waals surface area contributed by atoms with Crippen LogP contribution in [0.1, 0.15) is 25.3 Å². The van der Waals surface area contributed by atoms with Crippen LogP contribution in [0.2, 0.25) is 0 Å². The fourth-order valence-electron chi connectivity index (χ4n) is 4.37. The first-order valence-electron chi connectivity index (χ1n) is 10.6. The maximum atomic E-state index is 7.89. The molecule has 2 aromatic carbocycles. The average molecular weight is 431 g/mol. The van der Waals surface area contributed by atoms with Crippen molar-refractivity contribution in [2.45, 2.75) is 26.0 Å². The van der Waals surface area contributed by atoms with Crippen molar-refractivity contribution in [1.82, 2.24) is 20.1 Å². The van der Waals surface area contributed by atoms with E-state index in [1.165, 1.54) is 6.21 Å². The van der Waals surface area contributed by atoms with Gasteiger partial charge >= 0.3 is 0 Å². The number of nitrogen functional groups attached to an aromatic ring is 1. The van der Waals surface area contributed by atoms with Gasteiger partial charge in [0.2, 0.25) is 11.8 Å². The summed E-state index contributed by atoms with van der Waals surface area (Å²) in [5, 5.41) is 17.5. The molecule has 8 nitrogen and oxygen atoms in total. The number of fused-ring (bicyclic) bond motifs is 1. The molecule has 8 heteroatoms. The molecule has 1 aliphatic heterocycles. The summed E-state index contributed by atoms with van der Waals surface area (Å²) >= 11 is 0. The molecule has 4 N–H and O–H groups in total. The lowest BCUT2D eigenvalue weighted by Crippen LogP contribution is -2.47. The van der Waals surface area contributed by atoms with Gasteiger partial charge in [0, 0.05) is 47.7 Å². The fourth-order valence-corrected chi connectivity index (χ4v) is 4.37. The van der Waals surface area contributed by atoms with Crippen LogP contribution < -0.4 is 5.73 Å². The number of rotatable bonds is 5. The Balaban J connectivity index is 1.51. The number of nitrogens with one attached hydrogen (secondary N) is 2. The lowest BCUT2D eigenvalue weighted by Gasteiger charge is -2.37. The molecular weight excluding hydrogens is 404 g/mol. The normalized spacial score (nSPS) is 16.4. The molecule has 0 saturated carbocycles. The first-order valence-corrected chi connectivity index (χ1v) is 10.6. The first kappa shape index (κ1) is 20.4. The molecule has 0 bridgehead atoms. The van der Waals surface area contributed by atoms with E-state index in [1.807, 2.05) is 36.5 Å².